The molecule has 30 heavy (non-hydrogen) atoms. The smallest absolute Gasteiger partial charge is 0.308 e. The molecule has 0 radical (unpaired) electrons. The molecule has 0 aliphatic rings. The maximum absolute atomic E-state index is 13.0. The molecular weight excluding hydrogens is 436 g/mol. The summed E-state index contributed by atoms with van der Waals surface area (Å²) in [5.74, 6) is -0.500. The predicted octanol–water partition coefficient (Wildman–Crippen LogP) is 3.27. The summed E-state index contributed by atoms with van der Waals surface area (Å²) in [5.41, 5.74) is 0.351. The normalized spacial score (nSPS) is 11.2. The van der Waals surface area contributed by atoms with Crippen LogP contribution in [0.2, 0.25) is 5.02 Å². The Labute approximate surface area is 179 Å². The average molecular weight is 457 g/mol. The Hall–Kier alpha value is -2.69. The molecule has 0 saturated heterocycles. The van der Waals surface area contributed by atoms with E-state index in [-0.39, 0.29) is 47.5 Å². The van der Waals surface area contributed by atoms with Crippen LogP contribution in [-0.4, -0.2) is 50.2 Å². The van der Waals surface area contributed by atoms with Crippen molar-refractivity contribution in [3.05, 3.63) is 68.7 Å². The number of halogens is 1. The van der Waals surface area contributed by atoms with Crippen molar-refractivity contribution in [2.45, 2.75) is 13.5 Å². The third-order valence-electron chi connectivity index (χ3n) is 4.09. The van der Waals surface area contributed by atoms with E-state index in [9.17, 15) is 23.3 Å². The summed E-state index contributed by atoms with van der Waals surface area (Å²) in [4.78, 5) is 24.9. The number of amides is 1. The number of nitro benzene ring substituents is 1. The Bertz CT molecular complexity index is 1030. The van der Waals surface area contributed by atoms with Gasteiger partial charge in [0.25, 0.3) is 11.6 Å². The van der Waals surface area contributed by atoms with Crippen LogP contribution < -0.4 is 4.18 Å². The number of benzene rings is 2. The Morgan fingerprint density at radius 1 is 1.23 bits per heavy atom. The predicted molar refractivity (Wildman–Crippen MR) is 111 cm³/mol. The van der Waals surface area contributed by atoms with Crippen molar-refractivity contribution in [2.24, 2.45) is 0 Å². The number of hydrogen-bond donors (Lipinski definition) is 0. The Morgan fingerprint density at radius 3 is 2.60 bits per heavy atom. The number of nitrogens with zero attached hydrogens (tertiary/aromatic N) is 2. The molecular formula is C19H21ClN2O7S. The molecule has 0 fully saturated rings. The average Bonchev–Trinajstić information content (AvgIpc) is 2.70. The highest BCUT2D eigenvalue weighted by Crippen LogP contribution is 2.26. The van der Waals surface area contributed by atoms with E-state index < -0.39 is 20.9 Å². The fourth-order valence-electron chi connectivity index (χ4n) is 2.54. The minimum absolute atomic E-state index is 0.0676. The van der Waals surface area contributed by atoms with Crippen LogP contribution >= 0.6 is 11.6 Å². The van der Waals surface area contributed by atoms with E-state index in [0.717, 1.165) is 6.07 Å². The molecule has 0 unspecified atom stereocenters. The lowest BCUT2D eigenvalue weighted by Crippen LogP contribution is -2.33. The second-order valence-electron chi connectivity index (χ2n) is 6.22. The summed E-state index contributed by atoms with van der Waals surface area (Å²) >= 11 is 5.82. The molecule has 9 nitrogen and oxygen atoms in total. The molecule has 0 aliphatic heterocycles. The fourth-order valence-corrected chi connectivity index (χ4v) is 3.24. The van der Waals surface area contributed by atoms with Crippen molar-refractivity contribution in [3.63, 3.8) is 0 Å². The highest BCUT2D eigenvalue weighted by atomic mass is 35.5. The van der Waals surface area contributed by atoms with Crippen LogP contribution in [0, 0.1) is 10.1 Å². The fraction of sp³-hybridized carbons (Fsp3) is 0.316. The van der Waals surface area contributed by atoms with Crippen molar-refractivity contribution in [2.75, 3.05) is 26.0 Å². The van der Waals surface area contributed by atoms with E-state index in [0.29, 0.717) is 5.56 Å². The summed E-state index contributed by atoms with van der Waals surface area (Å²) < 4.78 is 33.4. The van der Waals surface area contributed by atoms with E-state index in [1.165, 1.54) is 43.2 Å². The number of rotatable bonds is 10. The zero-order valence-electron chi connectivity index (χ0n) is 16.4. The molecule has 2 aromatic carbocycles. The van der Waals surface area contributed by atoms with Gasteiger partial charge in [0.2, 0.25) is 0 Å². The van der Waals surface area contributed by atoms with Crippen molar-refractivity contribution in [1.82, 2.24) is 4.90 Å². The van der Waals surface area contributed by atoms with Crippen molar-refractivity contribution < 1.29 is 27.1 Å². The molecule has 0 saturated carbocycles. The Kier molecular flexibility index (Phi) is 8.16. The van der Waals surface area contributed by atoms with Gasteiger partial charge in [-0.15, -0.1) is 0 Å². The van der Waals surface area contributed by atoms with Crippen LogP contribution in [0.1, 0.15) is 22.8 Å². The zero-order chi connectivity index (χ0) is 22.3. The van der Waals surface area contributed by atoms with Gasteiger partial charge in [0.15, 0.2) is 0 Å². The summed E-state index contributed by atoms with van der Waals surface area (Å²) in [5, 5.41) is 11.1. The Balaban J connectivity index is 2.29. The molecule has 162 valence electrons. The lowest BCUT2D eigenvalue weighted by molar-refractivity contribution is -0.384. The second kappa shape index (κ2) is 10.4. The van der Waals surface area contributed by atoms with E-state index in [1.807, 2.05) is 0 Å². The van der Waals surface area contributed by atoms with Gasteiger partial charge >= 0.3 is 10.1 Å². The van der Waals surface area contributed by atoms with Crippen LogP contribution in [0.15, 0.2) is 42.5 Å². The number of carbonyl (C=O) groups is 1. The molecule has 0 aromatic heterocycles. The molecule has 0 aliphatic carbocycles. The molecule has 0 atom stereocenters. The van der Waals surface area contributed by atoms with Gasteiger partial charge in [-0.25, -0.2) is 0 Å². The summed E-state index contributed by atoms with van der Waals surface area (Å²) in [6.45, 7) is 2.03. The van der Waals surface area contributed by atoms with Crippen molar-refractivity contribution in [3.8, 4) is 5.75 Å². The largest absolute Gasteiger partial charge is 0.383 e. The van der Waals surface area contributed by atoms with E-state index >= 15 is 0 Å². The Morgan fingerprint density at radius 2 is 1.97 bits per heavy atom. The highest BCUT2D eigenvalue weighted by Gasteiger charge is 2.21. The maximum atomic E-state index is 13.0. The highest BCUT2D eigenvalue weighted by molar-refractivity contribution is 7.87. The van der Waals surface area contributed by atoms with Gasteiger partial charge in [-0.05, 0) is 36.8 Å². The van der Waals surface area contributed by atoms with E-state index in [1.54, 1.807) is 12.1 Å². The van der Waals surface area contributed by atoms with Crippen LogP contribution in [0.4, 0.5) is 5.69 Å². The minimum Gasteiger partial charge on any atom is -0.383 e. The molecule has 2 aromatic rings. The number of carbonyl (C=O) groups excluding carboxylic acids is 1. The second-order valence-corrected chi connectivity index (χ2v) is 8.49. The summed E-state index contributed by atoms with van der Waals surface area (Å²) in [6, 6.07) is 10.2. The molecule has 1 amide bonds. The van der Waals surface area contributed by atoms with Gasteiger partial charge < -0.3 is 13.8 Å². The molecule has 0 spiro atoms. The van der Waals surface area contributed by atoms with Crippen LogP contribution in [0.25, 0.3) is 0 Å². The SMILES string of the molecule is CCS(=O)(=O)Oc1cccc(CN(CCOC)C(=O)c2ccc(Cl)c([N+](=O)[O-])c2)c1. The molecule has 11 heteroatoms. The summed E-state index contributed by atoms with van der Waals surface area (Å²) in [6.07, 6.45) is 0. The molecule has 2 rings (SSSR count). The van der Waals surface area contributed by atoms with E-state index in [2.05, 4.69) is 0 Å². The number of hydrogen-bond acceptors (Lipinski definition) is 7. The topological polar surface area (TPSA) is 116 Å². The maximum Gasteiger partial charge on any atom is 0.308 e. The first kappa shape index (κ1) is 23.6. The lowest BCUT2D eigenvalue weighted by atomic mass is 10.1. The van der Waals surface area contributed by atoms with Gasteiger partial charge in [-0.2, -0.15) is 8.42 Å². The monoisotopic (exact) mass is 456 g/mol. The van der Waals surface area contributed by atoms with Gasteiger partial charge in [0.05, 0.1) is 17.3 Å². The zero-order valence-corrected chi connectivity index (χ0v) is 18.0. The van der Waals surface area contributed by atoms with Gasteiger partial charge in [-0.1, -0.05) is 23.7 Å². The number of ether oxygens (including phenoxy) is 1. The third kappa shape index (κ3) is 6.41. The molecule has 0 heterocycles. The molecule has 0 N–H and O–H groups in total. The number of nitro groups is 1. The summed E-state index contributed by atoms with van der Waals surface area (Å²) in [7, 11) is -2.20. The van der Waals surface area contributed by atoms with Crippen molar-refractivity contribution in [1.29, 1.82) is 0 Å². The quantitative estimate of drug-likeness (QED) is 0.306. The van der Waals surface area contributed by atoms with Gasteiger partial charge in [0.1, 0.15) is 10.8 Å². The first-order chi connectivity index (χ1) is 14.2. The standard InChI is InChI=1S/C19H21ClN2O7S/c1-3-30(26,27)29-16-6-4-5-14(11-16)13-21(9-10-28-2)19(23)15-7-8-17(20)18(12-15)22(24)25/h4-8,11-12H,3,9-10,13H2,1-2H3. The first-order valence-electron chi connectivity index (χ1n) is 8.90. The lowest BCUT2D eigenvalue weighted by Gasteiger charge is -2.23. The molecule has 0 bridgehead atoms. The van der Waals surface area contributed by atoms with Gasteiger partial charge in [-0.3, -0.25) is 14.9 Å². The van der Waals surface area contributed by atoms with E-state index in [4.69, 9.17) is 20.5 Å². The van der Waals surface area contributed by atoms with Crippen LogP contribution in [0.3, 0.4) is 0 Å². The van der Waals surface area contributed by atoms with Crippen molar-refractivity contribution >= 4 is 33.3 Å². The number of methoxy groups -OCH3 is 1. The van der Waals surface area contributed by atoms with Gasteiger partial charge in [0, 0.05) is 31.8 Å². The van der Waals surface area contributed by atoms with Crippen LogP contribution in [-0.2, 0) is 21.4 Å². The third-order valence-corrected chi connectivity index (χ3v) is 5.56. The minimum atomic E-state index is -3.69. The van der Waals surface area contributed by atoms with Crippen LogP contribution in [0.5, 0.6) is 5.75 Å². The first-order valence-corrected chi connectivity index (χ1v) is 10.9.